The number of hydrogen-bond acceptors (Lipinski definition) is 7. The number of aliphatic carboxylic acids is 1. The second kappa shape index (κ2) is 14.2. The fourth-order valence-corrected chi connectivity index (χ4v) is 7.78. The molecule has 266 valence electrons. The lowest BCUT2D eigenvalue weighted by molar-refractivity contribution is -0.145. The fraction of sp³-hybridized carbons (Fsp3) is 0.425. The van der Waals surface area contributed by atoms with Gasteiger partial charge in [-0.2, -0.15) is 0 Å². The van der Waals surface area contributed by atoms with E-state index in [0.717, 1.165) is 41.3 Å². The number of benzene rings is 2. The van der Waals surface area contributed by atoms with Crippen molar-refractivity contribution in [2.24, 2.45) is 11.8 Å². The molecule has 2 aliphatic carbocycles. The van der Waals surface area contributed by atoms with Crippen LogP contribution >= 0.6 is 0 Å². The number of aromatic nitrogens is 1. The maximum atomic E-state index is 14.4. The summed E-state index contributed by atoms with van der Waals surface area (Å²) in [5, 5.41) is 16.4. The van der Waals surface area contributed by atoms with Crippen LogP contribution in [0.25, 0.3) is 28.2 Å². The molecule has 0 unspecified atom stereocenters. The van der Waals surface area contributed by atoms with E-state index < -0.39 is 53.5 Å². The van der Waals surface area contributed by atoms with Crippen molar-refractivity contribution in [3.63, 3.8) is 0 Å². The van der Waals surface area contributed by atoms with Crippen LogP contribution < -0.4 is 15.4 Å². The number of carboxylic acid groups (broad SMARTS) is 1. The molecule has 3 aromatic rings. The molecule has 3 heterocycles. The summed E-state index contributed by atoms with van der Waals surface area (Å²) < 4.78 is 12.7. The number of ether oxygens (including phenoxy) is 2. The molecule has 11 nitrogen and oxygen atoms in total. The van der Waals surface area contributed by atoms with Crippen LogP contribution in [0.2, 0.25) is 0 Å². The van der Waals surface area contributed by atoms with Gasteiger partial charge in [-0.05, 0) is 49.8 Å². The number of carbonyl (C=O) groups excluding carboxylic acids is 3. The Morgan fingerprint density at radius 3 is 2.71 bits per heavy atom. The molecular formula is C40H44N4O7. The molecule has 3 amide bonds. The number of nitrogens with zero attached hydrogens (tertiary/aromatic N) is 2. The van der Waals surface area contributed by atoms with E-state index in [2.05, 4.69) is 23.3 Å². The van der Waals surface area contributed by atoms with Gasteiger partial charge in [0.2, 0.25) is 11.8 Å². The summed E-state index contributed by atoms with van der Waals surface area (Å²) >= 11 is 0. The second-order valence-corrected chi connectivity index (χ2v) is 14.2. The number of amides is 3. The highest BCUT2D eigenvalue weighted by atomic mass is 16.6. The summed E-state index contributed by atoms with van der Waals surface area (Å²) in [5.74, 6) is -2.03. The van der Waals surface area contributed by atoms with Gasteiger partial charge in [0.25, 0.3) is 0 Å². The Labute approximate surface area is 297 Å². The zero-order chi connectivity index (χ0) is 35.7. The first-order chi connectivity index (χ1) is 24.7. The average molecular weight is 693 g/mol. The number of unbranched alkanes of at least 4 members (excludes halogenated alkanes) is 1. The quantitative estimate of drug-likeness (QED) is 0.248. The van der Waals surface area contributed by atoms with Crippen molar-refractivity contribution in [1.82, 2.24) is 20.5 Å². The van der Waals surface area contributed by atoms with E-state index in [1.165, 1.54) is 11.0 Å². The van der Waals surface area contributed by atoms with Crippen LogP contribution in [-0.4, -0.2) is 75.2 Å². The lowest BCUT2D eigenvalue weighted by Gasteiger charge is -2.29. The molecule has 3 N–H and O–H groups in total. The van der Waals surface area contributed by atoms with Gasteiger partial charge in [0.1, 0.15) is 35.6 Å². The van der Waals surface area contributed by atoms with Crippen molar-refractivity contribution in [2.75, 3.05) is 6.54 Å². The Morgan fingerprint density at radius 2 is 1.96 bits per heavy atom. The Kier molecular flexibility index (Phi) is 9.54. The van der Waals surface area contributed by atoms with Crippen molar-refractivity contribution in [2.45, 2.75) is 88.1 Å². The summed E-state index contributed by atoms with van der Waals surface area (Å²) in [4.78, 5) is 60.5. The monoisotopic (exact) mass is 692 g/mol. The van der Waals surface area contributed by atoms with Crippen molar-refractivity contribution in [3.8, 4) is 17.0 Å². The predicted octanol–water partition coefficient (Wildman–Crippen LogP) is 5.88. The number of rotatable bonds is 8. The third-order valence-corrected chi connectivity index (χ3v) is 10.8. The Hall–Kier alpha value is -5.19. The molecule has 1 saturated heterocycles. The van der Waals surface area contributed by atoms with Crippen molar-refractivity contribution in [1.29, 1.82) is 0 Å². The molecule has 0 spiro atoms. The molecule has 7 atom stereocenters. The van der Waals surface area contributed by atoms with E-state index in [4.69, 9.17) is 14.5 Å². The summed E-state index contributed by atoms with van der Waals surface area (Å²) in [6.45, 7) is 5.78. The standard InChI is InChI=1S/C40H44N4O7/c1-3-5-13-31-37(46)44-23-28(20-33(44)36(45)43-40(38(47)48)22-27(40)4-2)50-35-21-32(25-10-7-6-8-11-25)41-30-18-16-24(19-29(30)35)15-17-26-12-9-14-34(26)51-39(49)42-31/h4,6-8,10-11,15-19,21,26-28,31,33-34H,2-3,5,9,12-14,20,22-23H2,1H3,(H,42,49)(H,43,45)(H,47,48)/t26-,27-,28-,31+,33+,34+,40-/m1/s1. The van der Waals surface area contributed by atoms with Crippen LogP contribution in [0.5, 0.6) is 5.75 Å². The van der Waals surface area contributed by atoms with Crippen LogP contribution in [-0.2, 0) is 19.1 Å². The summed E-state index contributed by atoms with van der Waals surface area (Å²) in [6, 6.07) is 15.7. The molecule has 0 radical (unpaired) electrons. The maximum absolute atomic E-state index is 14.4. The van der Waals surface area contributed by atoms with Crippen LogP contribution in [0.1, 0.15) is 63.9 Å². The molecule has 51 heavy (non-hydrogen) atoms. The highest BCUT2D eigenvalue weighted by Gasteiger charge is 2.61. The molecule has 11 heteroatoms. The van der Waals surface area contributed by atoms with Crippen molar-refractivity contribution in [3.05, 3.63) is 78.9 Å². The minimum Gasteiger partial charge on any atom is -0.488 e. The van der Waals surface area contributed by atoms with E-state index in [1.807, 2.05) is 67.6 Å². The lowest BCUT2D eigenvalue weighted by Crippen LogP contribution is -2.56. The topological polar surface area (TPSA) is 147 Å². The predicted molar refractivity (Wildman–Crippen MR) is 192 cm³/mol. The van der Waals surface area contributed by atoms with Gasteiger partial charge in [-0.3, -0.25) is 9.59 Å². The molecule has 7 rings (SSSR count). The van der Waals surface area contributed by atoms with Gasteiger partial charge in [0.05, 0.1) is 17.8 Å². The van der Waals surface area contributed by atoms with E-state index in [9.17, 15) is 24.3 Å². The first-order valence-corrected chi connectivity index (χ1v) is 18.0. The SMILES string of the molecule is C=C[C@@H]1C[C@]1(NC(=O)[C@@H]1C[C@@H]2CN1C(=O)[C@H](CCCC)NC(=O)O[C@H]1CCC[C@@H]1C=Cc1ccc3nc(-c4ccccc4)cc(c3c1)O2)C(=O)O. The summed E-state index contributed by atoms with van der Waals surface area (Å²) in [5.41, 5.74) is 1.81. The minimum absolute atomic E-state index is 0.0115. The van der Waals surface area contributed by atoms with Gasteiger partial charge in [0.15, 0.2) is 0 Å². The number of carbonyl (C=O) groups is 4. The molecule has 2 aliphatic heterocycles. The Balaban J connectivity index is 1.30. The number of hydrogen-bond donors (Lipinski definition) is 3. The van der Waals surface area contributed by atoms with Crippen LogP contribution in [0.3, 0.4) is 0 Å². The Morgan fingerprint density at radius 1 is 1.14 bits per heavy atom. The molecule has 2 aromatic carbocycles. The number of alkyl carbamates (subject to hydrolysis) is 1. The normalized spacial score (nSPS) is 28.7. The van der Waals surface area contributed by atoms with Crippen LogP contribution in [0.15, 0.2) is 73.3 Å². The molecule has 4 bridgehead atoms. The smallest absolute Gasteiger partial charge is 0.408 e. The van der Waals surface area contributed by atoms with Gasteiger partial charge in [-0.25, -0.2) is 14.6 Å². The highest BCUT2D eigenvalue weighted by molar-refractivity contribution is 5.96. The van der Waals surface area contributed by atoms with Crippen LogP contribution in [0.4, 0.5) is 4.79 Å². The van der Waals surface area contributed by atoms with Gasteiger partial charge >= 0.3 is 12.1 Å². The molecular weight excluding hydrogens is 648 g/mol. The highest BCUT2D eigenvalue weighted by Crippen LogP contribution is 2.45. The molecule has 4 aliphatic rings. The Bertz CT molecular complexity index is 1880. The van der Waals surface area contributed by atoms with Crippen molar-refractivity contribution < 1.29 is 33.8 Å². The number of pyridine rings is 1. The van der Waals surface area contributed by atoms with Gasteiger partial charge < -0.3 is 30.1 Å². The first-order valence-electron chi connectivity index (χ1n) is 18.0. The van der Waals surface area contributed by atoms with E-state index >= 15 is 0 Å². The molecule has 1 aromatic heterocycles. The van der Waals surface area contributed by atoms with Crippen molar-refractivity contribution >= 4 is 40.9 Å². The van der Waals surface area contributed by atoms with Gasteiger partial charge in [0, 0.05) is 35.3 Å². The summed E-state index contributed by atoms with van der Waals surface area (Å²) in [6.07, 6.45) is 8.64. The third kappa shape index (κ3) is 6.94. The van der Waals surface area contributed by atoms with Gasteiger partial charge in [-0.1, -0.05) is 74.4 Å². The van der Waals surface area contributed by atoms with Gasteiger partial charge in [-0.15, -0.1) is 6.58 Å². The molecule has 3 fully saturated rings. The zero-order valence-corrected chi connectivity index (χ0v) is 28.8. The largest absolute Gasteiger partial charge is 0.488 e. The average Bonchev–Trinajstić information content (AvgIpc) is 3.42. The number of nitrogens with one attached hydrogen (secondary N) is 2. The van der Waals surface area contributed by atoms with E-state index in [-0.39, 0.29) is 31.4 Å². The first kappa shape index (κ1) is 34.3. The summed E-state index contributed by atoms with van der Waals surface area (Å²) in [7, 11) is 0. The van der Waals surface area contributed by atoms with E-state index in [1.54, 1.807) is 0 Å². The molecule has 2 saturated carbocycles. The lowest BCUT2D eigenvalue weighted by atomic mass is 10.0. The maximum Gasteiger partial charge on any atom is 0.408 e. The minimum atomic E-state index is -1.47. The fourth-order valence-electron chi connectivity index (χ4n) is 7.78. The number of carboxylic acids is 1. The second-order valence-electron chi connectivity index (χ2n) is 14.2. The zero-order valence-electron chi connectivity index (χ0n) is 28.8. The third-order valence-electron chi connectivity index (χ3n) is 10.8. The van der Waals surface area contributed by atoms with E-state index in [0.29, 0.717) is 30.7 Å². The number of fused-ring (bicyclic) bond motifs is 4. The van der Waals surface area contributed by atoms with Crippen LogP contribution in [0, 0.1) is 11.8 Å².